The molecule has 1 aromatic heterocycles. The smallest absolute Gasteiger partial charge is 0.115 e. The molecule has 3 N–H and O–H groups in total. The summed E-state index contributed by atoms with van der Waals surface area (Å²) in [6.45, 7) is 6.41. The minimum Gasteiger partial charge on any atom is -0.271 e. The Morgan fingerprint density at radius 1 is 1.11 bits per heavy atom. The number of nitrogens with zero attached hydrogens (tertiary/aromatic N) is 2. The molecule has 1 unspecified atom stereocenters. The number of hydrogen-bond donors (Lipinski definition) is 2. The van der Waals surface area contributed by atoms with Gasteiger partial charge in [-0.2, -0.15) is 0 Å². The number of benzene rings is 1. The molecule has 2 rings (SSSR count). The van der Waals surface area contributed by atoms with Gasteiger partial charge in [0, 0.05) is 18.0 Å². The van der Waals surface area contributed by atoms with Crippen molar-refractivity contribution >= 4 is 0 Å². The maximum atomic E-state index is 5.68. The maximum absolute atomic E-state index is 5.68. The molecule has 0 fully saturated rings. The first-order valence-electron chi connectivity index (χ1n) is 6.39. The van der Waals surface area contributed by atoms with Crippen molar-refractivity contribution in [3.05, 3.63) is 58.7 Å². The highest BCUT2D eigenvalue weighted by Gasteiger charge is 2.14. The van der Waals surface area contributed by atoms with Crippen LogP contribution >= 0.6 is 0 Å². The average molecular weight is 256 g/mol. The zero-order chi connectivity index (χ0) is 13.8. The lowest BCUT2D eigenvalue weighted by atomic mass is 9.93. The first kappa shape index (κ1) is 13.6. The lowest BCUT2D eigenvalue weighted by molar-refractivity contribution is 0.546. The predicted molar refractivity (Wildman–Crippen MR) is 76.5 cm³/mol. The van der Waals surface area contributed by atoms with E-state index in [4.69, 9.17) is 5.84 Å². The summed E-state index contributed by atoms with van der Waals surface area (Å²) in [7, 11) is 0. The van der Waals surface area contributed by atoms with Gasteiger partial charge in [-0.3, -0.25) is 11.3 Å². The number of aromatic nitrogens is 2. The van der Waals surface area contributed by atoms with E-state index in [0.717, 1.165) is 12.0 Å². The van der Waals surface area contributed by atoms with Crippen LogP contribution in [0.4, 0.5) is 0 Å². The van der Waals surface area contributed by atoms with E-state index in [1.165, 1.54) is 28.6 Å². The first-order chi connectivity index (χ1) is 9.11. The molecule has 0 amide bonds. The van der Waals surface area contributed by atoms with Crippen molar-refractivity contribution in [2.45, 2.75) is 33.2 Å². The molecule has 0 aliphatic carbocycles. The second kappa shape index (κ2) is 5.91. The topological polar surface area (TPSA) is 63.8 Å². The lowest BCUT2D eigenvalue weighted by Gasteiger charge is -2.19. The van der Waals surface area contributed by atoms with Gasteiger partial charge in [0.25, 0.3) is 0 Å². The molecule has 100 valence electrons. The van der Waals surface area contributed by atoms with E-state index in [2.05, 4.69) is 48.3 Å². The van der Waals surface area contributed by atoms with E-state index in [-0.39, 0.29) is 6.04 Å². The van der Waals surface area contributed by atoms with Gasteiger partial charge in [-0.05, 0) is 43.9 Å². The third-order valence-corrected chi connectivity index (χ3v) is 3.43. The molecule has 0 saturated heterocycles. The monoisotopic (exact) mass is 256 g/mol. The van der Waals surface area contributed by atoms with Crippen LogP contribution in [0.2, 0.25) is 0 Å². The number of hydrogen-bond acceptors (Lipinski definition) is 4. The molecular formula is C15H20N4. The van der Waals surface area contributed by atoms with E-state index in [1.807, 2.05) is 0 Å². The largest absolute Gasteiger partial charge is 0.271 e. The summed E-state index contributed by atoms with van der Waals surface area (Å²) < 4.78 is 0. The van der Waals surface area contributed by atoms with Crippen molar-refractivity contribution in [3.63, 3.8) is 0 Å². The van der Waals surface area contributed by atoms with Crippen LogP contribution in [0.1, 0.15) is 33.9 Å². The Morgan fingerprint density at radius 2 is 1.68 bits per heavy atom. The van der Waals surface area contributed by atoms with Crippen molar-refractivity contribution in [1.29, 1.82) is 0 Å². The minimum absolute atomic E-state index is 0.0290. The Labute approximate surface area is 114 Å². The minimum atomic E-state index is 0.0290. The van der Waals surface area contributed by atoms with E-state index >= 15 is 0 Å². The van der Waals surface area contributed by atoms with Crippen molar-refractivity contribution in [3.8, 4) is 0 Å². The van der Waals surface area contributed by atoms with Crippen molar-refractivity contribution < 1.29 is 0 Å². The molecule has 0 bridgehead atoms. The standard InChI is InChI=1S/C15H20N4/c1-10-4-11(2)14(12(3)5-10)6-15(19-16)13-7-17-9-18-8-13/h4-5,7-9,15,19H,6,16H2,1-3H3. The zero-order valence-electron chi connectivity index (χ0n) is 11.6. The number of rotatable bonds is 4. The second-order valence-electron chi connectivity index (χ2n) is 4.97. The normalized spacial score (nSPS) is 12.4. The van der Waals surface area contributed by atoms with E-state index < -0.39 is 0 Å². The van der Waals surface area contributed by atoms with E-state index in [0.29, 0.717) is 0 Å². The quantitative estimate of drug-likeness (QED) is 0.650. The fourth-order valence-electron chi connectivity index (χ4n) is 2.50. The molecule has 0 spiro atoms. The molecule has 4 nitrogen and oxygen atoms in total. The molecular weight excluding hydrogens is 236 g/mol. The molecule has 0 radical (unpaired) electrons. The average Bonchev–Trinajstić information content (AvgIpc) is 2.39. The van der Waals surface area contributed by atoms with Gasteiger partial charge in [-0.25, -0.2) is 9.97 Å². The Hall–Kier alpha value is -1.78. The van der Waals surface area contributed by atoms with E-state index in [9.17, 15) is 0 Å². The number of nitrogens with one attached hydrogen (secondary N) is 1. The summed E-state index contributed by atoms with van der Waals surface area (Å²) in [5.74, 6) is 5.68. The number of hydrazine groups is 1. The van der Waals surface area contributed by atoms with Crippen LogP contribution in [-0.2, 0) is 6.42 Å². The summed E-state index contributed by atoms with van der Waals surface area (Å²) in [4.78, 5) is 8.09. The third-order valence-electron chi connectivity index (χ3n) is 3.43. The molecule has 1 heterocycles. The Kier molecular flexibility index (Phi) is 4.24. The van der Waals surface area contributed by atoms with Crippen LogP contribution in [-0.4, -0.2) is 9.97 Å². The summed E-state index contributed by atoms with van der Waals surface area (Å²) in [6, 6.07) is 4.44. The van der Waals surface area contributed by atoms with Crippen LogP contribution < -0.4 is 11.3 Å². The molecule has 0 saturated carbocycles. The molecule has 1 atom stereocenters. The number of nitrogens with two attached hydrogens (primary N) is 1. The highest BCUT2D eigenvalue weighted by molar-refractivity contribution is 5.38. The van der Waals surface area contributed by atoms with Gasteiger partial charge < -0.3 is 0 Å². The number of aryl methyl sites for hydroxylation is 3. The maximum Gasteiger partial charge on any atom is 0.115 e. The van der Waals surface area contributed by atoms with Gasteiger partial charge in [0.1, 0.15) is 6.33 Å². The van der Waals surface area contributed by atoms with Crippen molar-refractivity contribution in [1.82, 2.24) is 15.4 Å². The summed E-state index contributed by atoms with van der Waals surface area (Å²) >= 11 is 0. The predicted octanol–water partition coefficient (Wildman–Crippen LogP) is 2.15. The Bertz CT molecular complexity index is 528. The van der Waals surface area contributed by atoms with Gasteiger partial charge in [0.2, 0.25) is 0 Å². The van der Waals surface area contributed by atoms with Crippen LogP contribution in [0.15, 0.2) is 30.9 Å². The summed E-state index contributed by atoms with van der Waals surface area (Å²) in [6.07, 6.45) is 5.97. The second-order valence-corrected chi connectivity index (χ2v) is 4.97. The van der Waals surface area contributed by atoms with Crippen molar-refractivity contribution in [2.75, 3.05) is 0 Å². The Balaban J connectivity index is 2.29. The lowest BCUT2D eigenvalue weighted by Crippen LogP contribution is -2.30. The van der Waals surface area contributed by atoms with Crippen LogP contribution in [0.5, 0.6) is 0 Å². The molecule has 4 heteroatoms. The molecule has 19 heavy (non-hydrogen) atoms. The highest BCUT2D eigenvalue weighted by Crippen LogP contribution is 2.23. The fourth-order valence-corrected chi connectivity index (χ4v) is 2.50. The molecule has 2 aromatic rings. The van der Waals surface area contributed by atoms with Crippen LogP contribution in [0.3, 0.4) is 0 Å². The highest BCUT2D eigenvalue weighted by atomic mass is 15.2. The van der Waals surface area contributed by atoms with Gasteiger partial charge in [0.15, 0.2) is 0 Å². The fraction of sp³-hybridized carbons (Fsp3) is 0.333. The molecule has 0 aliphatic heterocycles. The van der Waals surface area contributed by atoms with Gasteiger partial charge in [-0.15, -0.1) is 0 Å². The van der Waals surface area contributed by atoms with Gasteiger partial charge in [-0.1, -0.05) is 17.7 Å². The summed E-state index contributed by atoms with van der Waals surface area (Å²) in [5.41, 5.74) is 9.08. The first-order valence-corrected chi connectivity index (χ1v) is 6.39. The van der Waals surface area contributed by atoms with Crippen molar-refractivity contribution in [2.24, 2.45) is 5.84 Å². The van der Waals surface area contributed by atoms with E-state index in [1.54, 1.807) is 12.4 Å². The Morgan fingerprint density at radius 3 is 2.21 bits per heavy atom. The molecule has 1 aromatic carbocycles. The van der Waals surface area contributed by atoms with Gasteiger partial charge >= 0.3 is 0 Å². The SMILES string of the molecule is Cc1cc(C)c(CC(NN)c2cncnc2)c(C)c1. The zero-order valence-corrected chi connectivity index (χ0v) is 11.6. The summed E-state index contributed by atoms with van der Waals surface area (Å²) in [5, 5.41) is 0. The third kappa shape index (κ3) is 3.16. The van der Waals surface area contributed by atoms with Crippen LogP contribution in [0.25, 0.3) is 0 Å². The molecule has 0 aliphatic rings. The van der Waals surface area contributed by atoms with Crippen LogP contribution in [0, 0.1) is 20.8 Å². The van der Waals surface area contributed by atoms with Gasteiger partial charge in [0.05, 0.1) is 6.04 Å².